The average molecular weight is 805 g/mol. The number of rotatable bonds is 8. The Morgan fingerprint density at radius 2 is 1.55 bits per heavy atom. The van der Waals surface area contributed by atoms with Gasteiger partial charge in [0.05, 0.1) is 37.4 Å². The van der Waals surface area contributed by atoms with E-state index in [1.165, 1.54) is 5.57 Å². The summed E-state index contributed by atoms with van der Waals surface area (Å²) >= 11 is 0. The van der Waals surface area contributed by atoms with Gasteiger partial charge in [0.1, 0.15) is 18.3 Å². The Morgan fingerprint density at radius 1 is 0.862 bits per heavy atom. The standard InChI is InChI=1S/C48H68O10/c1-42(26-49)19-21-47(41(54)55)22-20-44(3)29(32(47)23-42)15-16-34-45(4)30-13-14-31(48(46(34,44)5)17-9-10-18-48)38(45)43(2,27-50)39(37(30)56-24-28-11-7-6-8-12-28)58-40-36(53)35(52)33(51)25-57-40/h6-8,11-15,30-40,49-53H,9-10,16-27H2,1-5H3,(H,54,55). The molecule has 8 aliphatic rings. The number of carboxylic acid groups (broad SMARTS) is 1. The van der Waals surface area contributed by atoms with Gasteiger partial charge in [-0.25, -0.2) is 0 Å². The van der Waals surface area contributed by atoms with Crippen LogP contribution in [0.3, 0.4) is 0 Å². The van der Waals surface area contributed by atoms with Crippen LogP contribution in [0.5, 0.6) is 0 Å². The summed E-state index contributed by atoms with van der Waals surface area (Å²) in [5.74, 6) is -0.775. The van der Waals surface area contributed by atoms with Crippen LogP contribution in [0, 0.1) is 67.5 Å². The van der Waals surface area contributed by atoms with Crippen molar-refractivity contribution in [3.05, 3.63) is 59.7 Å². The van der Waals surface area contributed by atoms with Crippen molar-refractivity contribution in [1.82, 2.24) is 0 Å². The maximum atomic E-state index is 13.5. The molecule has 4 bridgehead atoms. The van der Waals surface area contributed by atoms with Gasteiger partial charge in [-0.15, -0.1) is 0 Å². The number of benzene rings is 1. The summed E-state index contributed by atoms with van der Waals surface area (Å²) in [7, 11) is 0. The maximum absolute atomic E-state index is 13.5. The minimum atomic E-state index is -1.49. The van der Waals surface area contributed by atoms with Gasteiger partial charge in [0, 0.05) is 17.9 Å². The molecule has 58 heavy (non-hydrogen) atoms. The summed E-state index contributed by atoms with van der Waals surface area (Å²) < 4.78 is 19.9. The molecule has 0 aromatic heterocycles. The highest BCUT2D eigenvalue weighted by molar-refractivity contribution is 5.76. The Labute approximate surface area is 344 Å². The van der Waals surface area contributed by atoms with E-state index in [0.717, 1.165) is 44.1 Å². The molecule has 1 heterocycles. The van der Waals surface area contributed by atoms with E-state index in [1.54, 1.807) is 0 Å². The first kappa shape index (κ1) is 41.2. The van der Waals surface area contributed by atoms with Crippen LogP contribution in [-0.2, 0) is 25.6 Å². The lowest BCUT2D eigenvalue weighted by molar-refractivity contribution is -0.361. The van der Waals surface area contributed by atoms with Gasteiger partial charge in [-0.05, 0) is 108 Å². The summed E-state index contributed by atoms with van der Waals surface area (Å²) in [6.45, 7) is 11.8. The Bertz CT molecular complexity index is 1810. The van der Waals surface area contributed by atoms with E-state index < -0.39 is 53.6 Å². The smallest absolute Gasteiger partial charge is 0.310 e. The van der Waals surface area contributed by atoms with E-state index in [1.807, 2.05) is 30.3 Å². The second-order valence-electron chi connectivity index (χ2n) is 21.5. The highest BCUT2D eigenvalue weighted by Crippen LogP contribution is 2.85. The summed E-state index contributed by atoms with van der Waals surface area (Å²) in [6, 6.07) is 10.0. The zero-order valence-corrected chi connectivity index (χ0v) is 35.2. The van der Waals surface area contributed by atoms with E-state index in [0.29, 0.717) is 32.3 Å². The monoisotopic (exact) mass is 804 g/mol. The van der Waals surface area contributed by atoms with Crippen LogP contribution in [0.1, 0.15) is 104 Å². The van der Waals surface area contributed by atoms with Gasteiger partial charge in [-0.3, -0.25) is 4.79 Å². The van der Waals surface area contributed by atoms with Crippen LogP contribution >= 0.6 is 0 Å². The van der Waals surface area contributed by atoms with Crippen LogP contribution in [0.4, 0.5) is 0 Å². The molecule has 1 saturated heterocycles. The van der Waals surface area contributed by atoms with Crippen molar-refractivity contribution in [3.63, 3.8) is 0 Å². The van der Waals surface area contributed by atoms with Crippen molar-refractivity contribution in [2.75, 3.05) is 19.8 Å². The van der Waals surface area contributed by atoms with Crippen molar-refractivity contribution in [3.8, 4) is 0 Å². The first-order valence-electron chi connectivity index (χ1n) is 22.3. The van der Waals surface area contributed by atoms with Crippen molar-refractivity contribution in [1.29, 1.82) is 0 Å². The lowest BCUT2D eigenvalue weighted by Crippen LogP contribution is -2.79. The molecule has 9 rings (SSSR count). The number of carboxylic acids is 1. The van der Waals surface area contributed by atoms with E-state index in [-0.39, 0.29) is 76.5 Å². The number of ether oxygens (including phenoxy) is 3. The maximum Gasteiger partial charge on any atom is 0.310 e. The van der Waals surface area contributed by atoms with Gasteiger partial charge in [0.25, 0.3) is 0 Å². The summed E-state index contributed by atoms with van der Waals surface area (Å²) in [5, 5.41) is 66.0. The quantitative estimate of drug-likeness (QED) is 0.135. The zero-order chi connectivity index (χ0) is 41.3. The van der Waals surface area contributed by atoms with Gasteiger partial charge in [0.2, 0.25) is 0 Å². The number of aliphatic hydroxyl groups excluding tert-OH is 5. The summed E-state index contributed by atoms with van der Waals surface area (Å²) in [5.41, 5.74) is -0.758. The molecule has 1 aliphatic heterocycles. The van der Waals surface area contributed by atoms with E-state index >= 15 is 0 Å². The highest BCUT2D eigenvalue weighted by atomic mass is 16.7. The molecular weight excluding hydrogens is 737 g/mol. The molecule has 320 valence electrons. The highest BCUT2D eigenvalue weighted by Gasteiger charge is 2.81. The van der Waals surface area contributed by atoms with Crippen LogP contribution < -0.4 is 0 Å². The minimum Gasteiger partial charge on any atom is -0.481 e. The zero-order valence-electron chi connectivity index (χ0n) is 35.2. The van der Waals surface area contributed by atoms with Crippen LogP contribution in [0.15, 0.2) is 54.1 Å². The third kappa shape index (κ3) is 5.21. The first-order valence-corrected chi connectivity index (χ1v) is 22.3. The Kier molecular flexibility index (Phi) is 9.90. The lowest BCUT2D eigenvalue weighted by Gasteiger charge is -2.80. The third-order valence-electron chi connectivity index (χ3n) is 19.4. The van der Waals surface area contributed by atoms with Gasteiger partial charge < -0.3 is 44.8 Å². The summed E-state index contributed by atoms with van der Waals surface area (Å²) in [6.07, 6.45) is 9.16. The molecule has 1 aromatic rings. The predicted octanol–water partition coefficient (Wildman–Crippen LogP) is 6.03. The third-order valence-corrected chi connectivity index (χ3v) is 19.4. The second kappa shape index (κ2) is 13.9. The number of allylic oxidation sites excluding steroid dienone is 3. The fourth-order valence-corrected chi connectivity index (χ4v) is 16.3. The minimum absolute atomic E-state index is 0.0402. The van der Waals surface area contributed by atoms with E-state index in [9.17, 15) is 35.4 Å². The normalized spacial score (nSPS) is 51.3. The predicted molar refractivity (Wildman–Crippen MR) is 216 cm³/mol. The topological polar surface area (TPSA) is 166 Å². The number of aliphatic carboxylic acids is 1. The molecule has 10 heteroatoms. The number of aliphatic hydroxyl groups is 5. The fraction of sp³-hybridized carbons (Fsp3) is 0.771. The lowest BCUT2D eigenvalue weighted by atomic mass is 9.24. The average Bonchev–Trinajstić information content (AvgIpc) is 3.72. The van der Waals surface area contributed by atoms with Crippen molar-refractivity contribution in [2.45, 2.75) is 142 Å². The molecule has 6 fully saturated rings. The fourth-order valence-electron chi connectivity index (χ4n) is 16.3. The molecule has 0 amide bonds. The molecule has 5 saturated carbocycles. The number of fused-ring (bicyclic) bond motifs is 7. The van der Waals surface area contributed by atoms with E-state index in [2.05, 4.69) is 52.8 Å². The molecule has 0 radical (unpaired) electrons. The molecule has 1 aromatic carbocycles. The van der Waals surface area contributed by atoms with Gasteiger partial charge in [-0.2, -0.15) is 0 Å². The molecule has 1 spiro atoms. The number of carbonyl (C=O) groups is 1. The van der Waals surface area contributed by atoms with Crippen LogP contribution in [0.2, 0.25) is 0 Å². The van der Waals surface area contributed by atoms with E-state index in [4.69, 9.17) is 14.2 Å². The van der Waals surface area contributed by atoms with Crippen molar-refractivity contribution in [2.24, 2.45) is 67.5 Å². The summed E-state index contributed by atoms with van der Waals surface area (Å²) in [4.78, 5) is 13.5. The van der Waals surface area contributed by atoms with Gasteiger partial charge >= 0.3 is 5.97 Å². The van der Waals surface area contributed by atoms with Crippen LogP contribution in [-0.4, -0.2) is 93.2 Å². The molecule has 17 atom stereocenters. The van der Waals surface area contributed by atoms with Gasteiger partial charge in [0.15, 0.2) is 6.29 Å². The molecular formula is C48H68O10. The Morgan fingerprint density at radius 3 is 2.22 bits per heavy atom. The Hall–Kier alpha value is -2.15. The molecule has 10 nitrogen and oxygen atoms in total. The van der Waals surface area contributed by atoms with Crippen molar-refractivity contribution >= 4 is 5.97 Å². The van der Waals surface area contributed by atoms with Crippen LogP contribution in [0.25, 0.3) is 0 Å². The molecule has 6 N–H and O–H groups in total. The second-order valence-corrected chi connectivity index (χ2v) is 21.5. The largest absolute Gasteiger partial charge is 0.481 e. The molecule has 7 aliphatic carbocycles. The molecule has 17 unspecified atom stereocenters. The first-order chi connectivity index (χ1) is 27.5. The van der Waals surface area contributed by atoms with Gasteiger partial charge in [-0.1, -0.05) is 102 Å². The number of hydrogen-bond acceptors (Lipinski definition) is 9. The Balaban J connectivity index is 1.21. The van der Waals surface area contributed by atoms with Crippen molar-refractivity contribution < 1.29 is 49.6 Å². The SMILES string of the molecule is CC1(CO)CCC2(C(=O)O)CCC3(C)C(=CCC4C5(C)C6C=CC(C5C(C)(CO)C(OC5OCC(O)C(O)C5O)C6OCc5ccccc5)C5(CCCC5)C43C)C2C1. The number of hydrogen-bond donors (Lipinski definition) is 6.